The van der Waals surface area contributed by atoms with Crippen molar-refractivity contribution in [2.45, 2.75) is 37.6 Å². The van der Waals surface area contributed by atoms with Gasteiger partial charge in [-0.05, 0) is 19.1 Å². The first kappa shape index (κ1) is 23.9. The van der Waals surface area contributed by atoms with E-state index in [1.807, 2.05) is 0 Å². The van der Waals surface area contributed by atoms with Crippen molar-refractivity contribution in [1.29, 1.82) is 0 Å². The number of H-pyrrole nitrogens is 1. The number of aromatic nitrogens is 3. The second kappa shape index (κ2) is 8.19. The number of pyridine rings is 1. The van der Waals surface area contributed by atoms with Gasteiger partial charge in [0.1, 0.15) is 17.4 Å². The zero-order chi connectivity index (χ0) is 25.0. The molecule has 1 N–H and O–H groups in total. The maximum Gasteiger partial charge on any atom is 0.417 e. The topological polar surface area (TPSA) is 86.3 Å². The van der Waals surface area contributed by atoms with Crippen LogP contribution in [0.1, 0.15) is 47.7 Å². The molecule has 34 heavy (non-hydrogen) atoms. The Bertz CT molecular complexity index is 1260. The van der Waals surface area contributed by atoms with Gasteiger partial charge < -0.3 is 19.2 Å². The SMILES string of the molecule is COC(=O)c1nccc2[nH]c([C@@H]3O[C@@](C)(C(F)(F)F)C(C)[C@H]3c3ccc(F)c(F)c3OC)nc12. The molecule has 4 atom stereocenters. The molecular weight excluding hydrogens is 465 g/mol. The van der Waals surface area contributed by atoms with E-state index in [0.29, 0.717) is 5.52 Å². The predicted octanol–water partition coefficient (Wildman–Crippen LogP) is 4.84. The molecule has 3 heterocycles. The Morgan fingerprint density at radius 2 is 1.91 bits per heavy atom. The predicted molar refractivity (Wildman–Crippen MR) is 108 cm³/mol. The average molecular weight is 485 g/mol. The third-order valence-electron chi connectivity index (χ3n) is 6.38. The second-order valence-corrected chi connectivity index (χ2v) is 8.11. The number of nitrogens with one attached hydrogen (secondary N) is 1. The summed E-state index contributed by atoms with van der Waals surface area (Å²) >= 11 is 0. The molecule has 7 nitrogen and oxygen atoms in total. The smallest absolute Gasteiger partial charge is 0.417 e. The molecule has 0 aliphatic carbocycles. The number of ether oxygens (including phenoxy) is 3. The second-order valence-electron chi connectivity index (χ2n) is 8.11. The number of hydrogen-bond acceptors (Lipinski definition) is 6. The molecule has 1 unspecified atom stereocenters. The average Bonchev–Trinajstić information content (AvgIpc) is 3.34. The van der Waals surface area contributed by atoms with Crippen LogP contribution in [0, 0.1) is 17.6 Å². The fraction of sp³-hybridized carbons (Fsp3) is 0.409. The molecule has 0 amide bonds. The van der Waals surface area contributed by atoms with Gasteiger partial charge in [0, 0.05) is 23.6 Å². The number of esters is 1. The summed E-state index contributed by atoms with van der Waals surface area (Å²) in [6, 6.07) is 3.46. The molecule has 1 aromatic carbocycles. The summed E-state index contributed by atoms with van der Waals surface area (Å²) < 4.78 is 86.0. The van der Waals surface area contributed by atoms with Crippen molar-refractivity contribution < 1.29 is 41.0 Å². The van der Waals surface area contributed by atoms with Gasteiger partial charge >= 0.3 is 12.1 Å². The third kappa shape index (κ3) is 3.47. The van der Waals surface area contributed by atoms with Gasteiger partial charge in [-0.3, -0.25) is 0 Å². The van der Waals surface area contributed by atoms with Gasteiger partial charge in [-0.2, -0.15) is 17.6 Å². The van der Waals surface area contributed by atoms with Gasteiger partial charge in [-0.25, -0.2) is 19.2 Å². The van der Waals surface area contributed by atoms with E-state index in [4.69, 9.17) is 9.47 Å². The van der Waals surface area contributed by atoms with Crippen LogP contribution in [0.4, 0.5) is 22.0 Å². The first-order valence-electron chi connectivity index (χ1n) is 10.1. The van der Waals surface area contributed by atoms with Crippen molar-refractivity contribution in [2.75, 3.05) is 14.2 Å². The van der Waals surface area contributed by atoms with Crippen LogP contribution in [-0.4, -0.2) is 46.9 Å². The lowest BCUT2D eigenvalue weighted by Crippen LogP contribution is -2.46. The van der Waals surface area contributed by atoms with Gasteiger partial charge in [0.05, 0.1) is 19.7 Å². The number of alkyl halides is 3. The molecule has 12 heteroatoms. The molecule has 1 aliphatic heterocycles. The van der Waals surface area contributed by atoms with Crippen molar-refractivity contribution in [3.8, 4) is 5.75 Å². The minimum atomic E-state index is -4.80. The van der Waals surface area contributed by atoms with Gasteiger partial charge in [0.25, 0.3) is 0 Å². The Balaban J connectivity index is 1.93. The largest absolute Gasteiger partial charge is 0.493 e. The summed E-state index contributed by atoms with van der Waals surface area (Å²) in [5.74, 6) is -6.30. The number of benzene rings is 1. The van der Waals surface area contributed by atoms with Crippen LogP contribution in [-0.2, 0) is 9.47 Å². The van der Waals surface area contributed by atoms with Crippen LogP contribution in [0.25, 0.3) is 11.0 Å². The van der Waals surface area contributed by atoms with Crippen molar-refractivity contribution in [3.63, 3.8) is 0 Å². The van der Waals surface area contributed by atoms with E-state index >= 15 is 0 Å². The number of aromatic amines is 1. The van der Waals surface area contributed by atoms with Gasteiger partial charge in [0.15, 0.2) is 22.9 Å². The Hall–Kier alpha value is -3.28. The fourth-order valence-electron chi connectivity index (χ4n) is 4.38. The molecule has 4 rings (SSSR count). The van der Waals surface area contributed by atoms with Crippen molar-refractivity contribution >= 4 is 17.0 Å². The molecule has 0 bridgehead atoms. The van der Waals surface area contributed by atoms with Crippen LogP contribution in [0.3, 0.4) is 0 Å². The number of carbonyl (C=O) groups is 1. The normalized spacial score (nSPS) is 25.0. The highest BCUT2D eigenvalue weighted by Gasteiger charge is 2.65. The number of halogens is 5. The molecule has 1 fully saturated rings. The number of fused-ring (bicyclic) bond motifs is 1. The van der Waals surface area contributed by atoms with Crippen LogP contribution in [0.15, 0.2) is 24.4 Å². The standard InChI is InChI=1S/C22H20F5N3O4/c1-9-13(10-5-6-11(23)14(24)17(10)32-3)18(34-21(9,2)22(25,26)27)19-29-12-7-8-28-16(15(12)30-19)20(31)33-4/h5-9,13,18H,1-4H3,(H,29,30)/t9?,13-,18+,21+/m0/s1. The number of hydrogen-bond donors (Lipinski definition) is 1. The molecule has 0 saturated carbocycles. The molecule has 3 aromatic rings. The molecule has 0 spiro atoms. The zero-order valence-electron chi connectivity index (χ0n) is 18.5. The first-order valence-corrected chi connectivity index (χ1v) is 10.1. The zero-order valence-corrected chi connectivity index (χ0v) is 18.5. The highest BCUT2D eigenvalue weighted by Crippen LogP contribution is 2.59. The molecule has 1 saturated heterocycles. The Morgan fingerprint density at radius 3 is 2.53 bits per heavy atom. The molecule has 1 aliphatic rings. The van der Waals surface area contributed by atoms with Crippen molar-refractivity contribution in [3.05, 3.63) is 53.1 Å². The monoisotopic (exact) mass is 485 g/mol. The van der Waals surface area contributed by atoms with E-state index in [1.165, 1.54) is 25.3 Å². The Labute approximate surface area is 190 Å². The number of carbonyl (C=O) groups excluding carboxylic acids is 1. The van der Waals surface area contributed by atoms with Crippen molar-refractivity contribution in [2.24, 2.45) is 5.92 Å². The Kier molecular flexibility index (Phi) is 5.75. The lowest BCUT2D eigenvalue weighted by Gasteiger charge is -2.32. The quantitative estimate of drug-likeness (QED) is 0.420. The van der Waals surface area contributed by atoms with Crippen LogP contribution in [0.5, 0.6) is 5.75 Å². The number of imidazole rings is 1. The number of methoxy groups -OCH3 is 2. The third-order valence-corrected chi connectivity index (χ3v) is 6.38. The van der Waals surface area contributed by atoms with Gasteiger partial charge in [0.2, 0.25) is 5.82 Å². The maximum absolute atomic E-state index is 14.5. The lowest BCUT2D eigenvalue weighted by atomic mass is 9.77. The van der Waals surface area contributed by atoms with E-state index in [1.54, 1.807) is 0 Å². The van der Waals surface area contributed by atoms with Crippen LogP contribution in [0.2, 0.25) is 0 Å². The highest BCUT2D eigenvalue weighted by molar-refractivity contribution is 5.99. The van der Waals surface area contributed by atoms with Crippen molar-refractivity contribution in [1.82, 2.24) is 15.0 Å². The fourth-order valence-corrected chi connectivity index (χ4v) is 4.38. The minimum absolute atomic E-state index is 0.0151. The molecule has 0 radical (unpaired) electrons. The summed E-state index contributed by atoms with van der Waals surface area (Å²) in [5, 5.41) is 0. The summed E-state index contributed by atoms with van der Waals surface area (Å²) in [6.07, 6.45) is -4.86. The minimum Gasteiger partial charge on any atom is -0.493 e. The number of rotatable bonds is 4. The first-order chi connectivity index (χ1) is 15.9. The molecular formula is C22H20F5N3O4. The number of nitrogens with zero attached hydrogens (tertiary/aromatic N) is 2. The maximum atomic E-state index is 14.5. The summed E-state index contributed by atoms with van der Waals surface area (Å²) in [6.45, 7) is 2.20. The highest BCUT2D eigenvalue weighted by atomic mass is 19.4. The lowest BCUT2D eigenvalue weighted by molar-refractivity contribution is -0.275. The molecule has 182 valence electrons. The van der Waals surface area contributed by atoms with Gasteiger partial charge in [-0.1, -0.05) is 13.0 Å². The Morgan fingerprint density at radius 1 is 1.21 bits per heavy atom. The van der Waals surface area contributed by atoms with Crippen LogP contribution < -0.4 is 4.74 Å². The van der Waals surface area contributed by atoms with E-state index in [9.17, 15) is 26.7 Å². The summed E-state index contributed by atoms with van der Waals surface area (Å²) in [4.78, 5) is 23.2. The van der Waals surface area contributed by atoms with Crippen LogP contribution >= 0.6 is 0 Å². The van der Waals surface area contributed by atoms with E-state index in [-0.39, 0.29) is 22.6 Å². The van der Waals surface area contributed by atoms with E-state index < -0.39 is 53.1 Å². The summed E-state index contributed by atoms with van der Waals surface area (Å²) in [5.41, 5.74) is -2.44. The van der Waals surface area contributed by atoms with E-state index in [0.717, 1.165) is 27.2 Å². The molecule has 2 aromatic heterocycles. The van der Waals surface area contributed by atoms with E-state index in [2.05, 4.69) is 19.7 Å². The summed E-state index contributed by atoms with van der Waals surface area (Å²) in [7, 11) is 2.24. The van der Waals surface area contributed by atoms with Gasteiger partial charge in [-0.15, -0.1) is 0 Å².